The van der Waals surface area contributed by atoms with Crippen LogP contribution in [0.1, 0.15) is 38.2 Å². The maximum Gasteiger partial charge on any atom is 0.308 e. The summed E-state index contributed by atoms with van der Waals surface area (Å²) < 4.78 is 18.2. The zero-order valence-corrected chi connectivity index (χ0v) is 11.1. The molecule has 3 nitrogen and oxygen atoms in total. The number of carbonyl (C=O) groups excluding carboxylic acids is 1. The molecule has 1 saturated carbocycles. The highest BCUT2D eigenvalue weighted by molar-refractivity contribution is 5.72. The summed E-state index contributed by atoms with van der Waals surface area (Å²) in [5, 5.41) is 10.6. The van der Waals surface area contributed by atoms with Gasteiger partial charge in [0.2, 0.25) is 0 Å². The molecule has 0 amide bonds. The highest BCUT2D eigenvalue weighted by Gasteiger charge is 2.37. The predicted molar refractivity (Wildman–Crippen MR) is 68.9 cm³/mol. The second kappa shape index (κ2) is 5.70. The number of carbonyl (C=O) groups is 1. The fourth-order valence-corrected chi connectivity index (χ4v) is 2.66. The van der Waals surface area contributed by atoms with Crippen molar-refractivity contribution in [1.29, 1.82) is 0 Å². The largest absolute Gasteiger partial charge is 0.466 e. The normalized spacial score (nSPS) is 27.0. The molecule has 1 aromatic carbocycles. The van der Waals surface area contributed by atoms with E-state index in [1.807, 2.05) is 0 Å². The summed E-state index contributed by atoms with van der Waals surface area (Å²) in [6, 6.07) is 6.05. The second-order valence-electron chi connectivity index (χ2n) is 5.07. The topological polar surface area (TPSA) is 46.5 Å². The number of hydrogen-bond acceptors (Lipinski definition) is 3. The lowest BCUT2D eigenvalue weighted by molar-refractivity contribution is -0.151. The Balaban J connectivity index is 2.04. The Morgan fingerprint density at radius 2 is 2.16 bits per heavy atom. The average Bonchev–Trinajstić information content (AvgIpc) is 2.40. The van der Waals surface area contributed by atoms with Crippen molar-refractivity contribution < 1.29 is 19.0 Å². The zero-order valence-electron chi connectivity index (χ0n) is 11.1. The van der Waals surface area contributed by atoms with E-state index in [1.54, 1.807) is 19.1 Å². The van der Waals surface area contributed by atoms with E-state index >= 15 is 0 Å². The molecule has 0 aliphatic heterocycles. The Morgan fingerprint density at radius 3 is 2.74 bits per heavy atom. The van der Waals surface area contributed by atoms with E-state index in [9.17, 15) is 14.3 Å². The van der Waals surface area contributed by atoms with Crippen molar-refractivity contribution in [3.8, 4) is 0 Å². The third-order valence-corrected chi connectivity index (χ3v) is 3.79. The average molecular weight is 266 g/mol. The molecule has 1 aromatic rings. The summed E-state index contributed by atoms with van der Waals surface area (Å²) in [6.07, 6.45) is 2.07. The van der Waals surface area contributed by atoms with Crippen LogP contribution in [0.2, 0.25) is 0 Å². The molecule has 1 aliphatic carbocycles. The molecule has 0 saturated heterocycles. The maximum absolute atomic E-state index is 13.2. The molecular weight excluding hydrogens is 247 g/mol. The van der Waals surface area contributed by atoms with Gasteiger partial charge in [-0.15, -0.1) is 0 Å². The molecule has 104 valence electrons. The van der Waals surface area contributed by atoms with E-state index in [0.717, 1.165) is 0 Å². The third kappa shape index (κ3) is 3.13. The number of hydrogen-bond donors (Lipinski definition) is 1. The Hall–Kier alpha value is -1.42. The van der Waals surface area contributed by atoms with E-state index in [4.69, 9.17) is 4.74 Å². The minimum absolute atomic E-state index is 0.145. The van der Waals surface area contributed by atoms with Gasteiger partial charge < -0.3 is 9.84 Å². The number of ether oxygens (including phenoxy) is 1. The first-order valence-corrected chi connectivity index (χ1v) is 6.70. The molecule has 0 heterocycles. The van der Waals surface area contributed by atoms with Gasteiger partial charge in [0.15, 0.2) is 0 Å². The van der Waals surface area contributed by atoms with Crippen molar-refractivity contribution >= 4 is 5.97 Å². The van der Waals surface area contributed by atoms with Crippen molar-refractivity contribution in [3.63, 3.8) is 0 Å². The first-order chi connectivity index (χ1) is 9.05. The highest BCUT2D eigenvalue weighted by Crippen LogP contribution is 2.39. The van der Waals surface area contributed by atoms with Gasteiger partial charge in [0, 0.05) is 0 Å². The first kappa shape index (κ1) is 14.0. The molecular formula is C15H19FO3. The van der Waals surface area contributed by atoms with Crippen LogP contribution in [0.15, 0.2) is 24.3 Å². The fraction of sp³-hybridized carbons (Fsp3) is 0.533. The minimum Gasteiger partial charge on any atom is -0.466 e. The molecule has 0 radical (unpaired) electrons. The summed E-state index contributed by atoms with van der Waals surface area (Å²) in [5.41, 5.74) is -0.430. The summed E-state index contributed by atoms with van der Waals surface area (Å²) in [4.78, 5) is 11.6. The summed E-state index contributed by atoms with van der Waals surface area (Å²) in [6.45, 7) is 2.16. The minimum atomic E-state index is -1.02. The van der Waals surface area contributed by atoms with Crippen LogP contribution in [0, 0.1) is 11.7 Å². The molecule has 1 fully saturated rings. The van der Waals surface area contributed by atoms with Gasteiger partial charge >= 0.3 is 5.97 Å². The molecule has 4 heteroatoms. The van der Waals surface area contributed by atoms with E-state index < -0.39 is 5.60 Å². The van der Waals surface area contributed by atoms with Crippen LogP contribution in [-0.2, 0) is 15.1 Å². The van der Waals surface area contributed by atoms with Crippen LogP contribution < -0.4 is 0 Å². The Bertz CT molecular complexity index is 450. The van der Waals surface area contributed by atoms with Gasteiger partial charge in [-0.1, -0.05) is 12.1 Å². The number of esters is 1. The first-order valence-electron chi connectivity index (χ1n) is 6.70. The Kier molecular flexibility index (Phi) is 4.20. The summed E-state index contributed by atoms with van der Waals surface area (Å²) in [5.74, 6) is -0.684. The van der Waals surface area contributed by atoms with Crippen LogP contribution in [-0.4, -0.2) is 17.7 Å². The molecule has 0 bridgehead atoms. The van der Waals surface area contributed by atoms with Crippen LogP contribution in [0.4, 0.5) is 4.39 Å². The van der Waals surface area contributed by atoms with E-state index in [2.05, 4.69) is 0 Å². The lowest BCUT2D eigenvalue weighted by atomic mass is 9.75. The van der Waals surface area contributed by atoms with Crippen LogP contribution >= 0.6 is 0 Å². The SMILES string of the molecule is CCOC(=O)C1CCC(O)(c2cccc(F)c2)CC1. The number of aliphatic hydroxyl groups is 1. The third-order valence-electron chi connectivity index (χ3n) is 3.79. The van der Waals surface area contributed by atoms with Crippen LogP contribution in [0.25, 0.3) is 0 Å². The molecule has 0 aromatic heterocycles. The van der Waals surface area contributed by atoms with Gasteiger partial charge in [-0.3, -0.25) is 4.79 Å². The Morgan fingerprint density at radius 1 is 1.47 bits per heavy atom. The molecule has 0 spiro atoms. The van der Waals surface area contributed by atoms with Crippen LogP contribution in [0.3, 0.4) is 0 Å². The van der Waals surface area contributed by atoms with Gasteiger partial charge in [0.25, 0.3) is 0 Å². The smallest absolute Gasteiger partial charge is 0.308 e. The lowest BCUT2D eigenvalue weighted by Crippen LogP contribution is -2.34. The van der Waals surface area contributed by atoms with Gasteiger partial charge in [-0.05, 0) is 50.3 Å². The molecule has 1 N–H and O–H groups in total. The quantitative estimate of drug-likeness (QED) is 0.856. The summed E-state index contributed by atoms with van der Waals surface area (Å²) >= 11 is 0. The number of rotatable bonds is 3. The standard InChI is InChI=1S/C15H19FO3/c1-2-19-14(17)11-6-8-15(18,9-7-11)12-4-3-5-13(16)10-12/h3-5,10-11,18H,2,6-9H2,1H3. The van der Waals surface area contributed by atoms with E-state index in [1.165, 1.54) is 12.1 Å². The predicted octanol–water partition coefficient (Wildman–Crippen LogP) is 2.77. The summed E-state index contributed by atoms with van der Waals surface area (Å²) in [7, 11) is 0. The van der Waals surface area contributed by atoms with Crippen molar-refractivity contribution in [3.05, 3.63) is 35.6 Å². The van der Waals surface area contributed by atoms with E-state index in [0.29, 0.717) is 37.9 Å². The monoisotopic (exact) mass is 266 g/mol. The maximum atomic E-state index is 13.2. The van der Waals surface area contributed by atoms with Crippen LogP contribution in [0.5, 0.6) is 0 Å². The van der Waals surface area contributed by atoms with Crippen molar-refractivity contribution in [2.75, 3.05) is 6.61 Å². The number of halogens is 1. The molecule has 0 atom stereocenters. The Labute approximate surface area is 112 Å². The second-order valence-corrected chi connectivity index (χ2v) is 5.07. The van der Waals surface area contributed by atoms with Gasteiger partial charge in [0.1, 0.15) is 5.82 Å². The van der Waals surface area contributed by atoms with Gasteiger partial charge in [0.05, 0.1) is 18.1 Å². The lowest BCUT2D eigenvalue weighted by Gasteiger charge is -2.35. The molecule has 0 unspecified atom stereocenters. The van der Waals surface area contributed by atoms with Crippen molar-refractivity contribution in [1.82, 2.24) is 0 Å². The van der Waals surface area contributed by atoms with Gasteiger partial charge in [-0.25, -0.2) is 4.39 Å². The van der Waals surface area contributed by atoms with E-state index in [-0.39, 0.29) is 17.7 Å². The molecule has 1 aliphatic rings. The fourth-order valence-electron chi connectivity index (χ4n) is 2.66. The van der Waals surface area contributed by atoms with Gasteiger partial charge in [-0.2, -0.15) is 0 Å². The molecule has 2 rings (SSSR count). The highest BCUT2D eigenvalue weighted by atomic mass is 19.1. The van der Waals surface area contributed by atoms with Crippen molar-refractivity contribution in [2.24, 2.45) is 5.92 Å². The zero-order chi connectivity index (χ0) is 13.9. The number of benzene rings is 1. The van der Waals surface area contributed by atoms with Crippen molar-refractivity contribution in [2.45, 2.75) is 38.2 Å². The molecule has 19 heavy (non-hydrogen) atoms.